The highest BCUT2D eigenvalue weighted by atomic mass is 32.2. The molecule has 0 radical (unpaired) electrons. The van der Waals surface area contributed by atoms with Gasteiger partial charge in [-0.05, 0) is 38.5 Å². The zero-order chi connectivity index (χ0) is 20.1. The van der Waals surface area contributed by atoms with Crippen LogP contribution in [0.25, 0.3) is 0 Å². The number of nitrogens with one attached hydrogen (secondary N) is 1. The van der Waals surface area contributed by atoms with Crippen LogP contribution in [0, 0.1) is 13.8 Å². The third-order valence-corrected chi connectivity index (χ3v) is 4.92. The summed E-state index contributed by atoms with van der Waals surface area (Å²) in [5, 5.41) is 0. The van der Waals surface area contributed by atoms with E-state index in [2.05, 4.69) is 4.98 Å². The average molecular weight is 391 g/mol. The predicted molar refractivity (Wildman–Crippen MR) is 99.6 cm³/mol. The summed E-state index contributed by atoms with van der Waals surface area (Å²) in [7, 11) is -1.37. The minimum atomic E-state index is -1.37. The number of hydrogen-bond donors (Lipinski definition) is 1. The van der Waals surface area contributed by atoms with Gasteiger partial charge in [-0.1, -0.05) is 12.1 Å². The first-order valence-corrected chi connectivity index (χ1v) is 9.82. The van der Waals surface area contributed by atoms with Crippen molar-refractivity contribution in [3.63, 3.8) is 0 Å². The first-order chi connectivity index (χ1) is 12.8. The molecule has 0 fully saturated rings. The van der Waals surface area contributed by atoms with Gasteiger partial charge in [-0.3, -0.25) is 9.00 Å². The van der Waals surface area contributed by atoms with E-state index in [0.29, 0.717) is 21.7 Å². The molecule has 1 atom stereocenters. The van der Waals surface area contributed by atoms with Gasteiger partial charge in [-0.25, -0.2) is 9.59 Å². The van der Waals surface area contributed by atoms with Crippen molar-refractivity contribution in [3.05, 3.63) is 52.3 Å². The van der Waals surface area contributed by atoms with E-state index in [4.69, 9.17) is 9.47 Å². The maximum Gasteiger partial charge on any atom is 0.340 e. The number of aromatic nitrogens is 1. The Morgan fingerprint density at radius 2 is 1.74 bits per heavy atom. The van der Waals surface area contributed by atoms with Crippen LogP contribution < -0.4 is 0 Å². The molecular weight excluding hydrogens is 370 g/mol. The number of aryl methyl sites for hydroxylation is 1. The quantitative estimate of drug-likeness (QED) is 0.575. The standard InChI is InChI=1S/C19H21NO6S/c1-5-25-19(23)16-11(2)17(20-12(16)3)14(21)10-26-18(22)13-8-6-7-9-15(13)27(4)24/h6-9,20H,5,10H2,1-4H3/t27-/m1/s1. The van der Waals surface area contributed by atoms with Crippen molar-refractivity contribution in [2.24, 2.45) is 0 Å². The monoisotopic (exact) mass is 391 g/mol. The van der Waals surface area contributed by atoms with Crippen molar-refractivity contribution in [1.29, 1.82) is 0 Å². The van der Waals surface area contributed by atoms with Gasteiger partial charge in [0.15, 0.2) is 6.61 Å². The van der Waals surface area contributed by atoms with Crippen LogP contribution in [0.5, 0.6) is 0 Å². The molecule has 2 rings (SSSR count). The molecule has 0 bridgehead atoms. The Hall–Kier alpha value is -2.74. The molecule has 0 spiro atoms. The summed E-state index contributed by atoms with van der Waals surface area (Å²) < 4.78 is 21.8. The highest BCUT2D eigenvalue weighted by Crippen LogP contribution is 2.20. The number of ether oxygens (including phenoxy) is 2. The second kappa shape index (κ2) is 8.77. The third-order valence-electron chi connectivity index (χ3n) is 3.95. The number of hydrogen-bond acceptors (Lipinski definition) is 6. The van der Waals surface area contributed by atoms with Gasteiger partial charge in [-0.2, -0.15) is 0 Å². The number of rotatable bonds is 7. The molecule has 2 aromatic rings. The lowest BCUT2D eigenvalue weighted by atomic mass is 10.1. The van der Waals surface area contributed by atoms with E-state index >= 15 is 0 Å². The van der Waals surface area contributed by atoms with Crippen molar-refractivity contribution < 1.29 is 28.1 Å². The van der Waals surface area contributed by atoms with Crippen molar-refractivity contribution in [3.8, 4) is 0 Å². The van der Waals surface area contributed by atoms with Gasteiger partial charge in [0.2, 0.25) is 5.78 Å². The Bertz CT molecular complexity index is 915. The summed E-state index contributed by atoms with van der Waals surface area (Å²) in [5.74, 6) is -1.73. The van der Waals surface area contributed by atoms with Gasteiger partial charge in [0.25, 0.3) is 0 Å². The minimum absolute atomic E-state index is 0.151. The van der Waals surface area contributed by atoms with Gasteiger partial charge in [0, 0.05) is 11.9 Å². The summed E-state index contributed by atoms with van der Waals surface area (Å²) >= 11 is 0. The number of H-pyrrole nitrogens is 1. The van der Waals surface area contributed by atoms with Crippen LogP contribution in [-0.4, -0.2) is 46.4 Å². The maximum absolute atomic E-state index is 12.4. The van der Waals surface area contributed by atoms with E-state index in [1.54, 1.807) is 39.0 Å². The van der Waals surface area contributed by atoms with Crippen LogP contribution in [0.4, 0.5) is 0 Å². The highest BCUT2D eigenvalue weighted by Gasteiger charge is 2.24. The molecule has 0 aliphatic carbocycles. The topological polar surface area (TPSA) is 103 Å². The highest BCUT2D eigenvalue weighted by molar-refractivity contribution is 7.84. The molecule has 27 heavy (non-hydrogen) atoms. The summed E-state index contributed by atoms with van der Waals surface area (Å²) in [4.78, 5) is 39.9. The molecule has 7 nitrogen and oxygen atoms in total. The van der Waals surface area contributed by atoms with Crippen LogP contribution in [0.2, 0.25) is 0 Å². The molecular formula is C19H21NO6S. The van der Waals surface area contributed by atoms with Crippen LogP contribution in [0.1, 0.15) is 49.4 Å². The molecule has 8 heteroatoms. The fraction of sp³-hybridized carbons (Fsp3) is 0.316. The smallest absolute Gasteiger partial charge is 0.340 e. The van der Waals surface area contributed by atoms with Crippen molar-refractivity contribution in [2.75, 3.05) is 19.5 Å². The number of ketones is 1. The van der Waals surface area contributed by atoms with E-state index in [-0.39, 0.29) is 17.9 Å². The van der Waals surface area contributed by atoms with Gasteiger partial charge in [0.1, 0.15) is 0 Å². The molecule has 1 aromatic heterocycles. The Morgan fingerprint density at radius 3 is 2.37 bits per heavy atom. The molecule has 0 aliphatic rings. The fourth-order valence-corrected chi connectivity index (χ4v) is 3.44. The van der Waals surface area contributed by atoms with Crippen LogP contribution in [0.15, 0.2) is 29.2 Å². The van der Waals surface area contributed by atoms with E-state index in [0.717, 1.165) is 0 Å². The summed E-state index contributed by atoms with van der Waals surface area (Å²) in [6.07, 6.45) is 1.46. The largest absolute Gasteiger partial charge is 0.462 e. The molecule has 144 valence electrons. The average Bonchev–Trinajstić information content (AvgIpc) is 2.94. The Kier molecular flexibility index (Phi) is 6.68. The lowest BCUT2D eigenvalue weighted by Gasteiger charge is -2.07. The van der Waals surface area contributed by atoms with Gasteiger partial charge >= 0.3 is 11.9 Å². The second-order valence-electron chi connectivity index (χ2n) is 5.80. The van der Waals surface area contributed by atoms with Crippen LogP contribution in [0.3, 0.4) is 0 Å². The molecule has 0 amide bonds. The molecule has 1 aromatic carbocycles. The summed E-state index contributed by atoms with van der Waals surface area (Å²) in [5.41, 5.74) is 1.60. The SMILES string of the molecule is CCOC(=O)c1c(C)[nH]c(C(=O)COC(=O)c2ccccc2[S@@](C)=O)c1C. The van der Waals surface area contributed by atoms with E-state index < -0.39 is 35.1 Å². The number of carbonyl (C=O) groups excluding carboxylic acids is 3. The molecule has 0 aliphatic heterocycles. The molecule has 1 N–H and O–H groups in total. The van der Waals surface area contributed by atoms with Gasteiger partial charge < -0.3 is 14.5 Å². The summed E-state index contributed by atoms with van der Waals surface area (Å²) in [6, 6.07) is 6.35. The molecule has 1 heterocycles. The van der Waals surface area contributed by atoms with Crippen LogP contribution >= 0.6 is 0 Å². The maximum atomic E-state index is 12.4. The minimum Gasteiger partial charge on any atom is -0.462 e. The lowest BCUT2D eigenvalue weighted by Crippen LogP contribution is -2.17. The zero-order valence-electron chi connectivity index (χ0n) is 15.6. The van der Waals surface area contributed by atoms with E-state index in [1.165, 1.54) is 12.3 Å². The summed E-state index contributed by atoms with van der Waals surface area (Å²) in [6.45, 7) is 4.70. The number of carbonyl (C=O) groups is 3. The van der Waals surface area contributed by atoms with Crippen LogP contribution in [-0.2, 0) is 20.3 Å². The number of Topliss-reactive ketones (excluding diaryl/α,β-unsaturated/α-hetero) is 1. The van der Waals surface area contributed by atoms with Gasteiger partial charge in [0.05, 0.1) is 39.1 Å². The Labute approximate surface area is 159 Å². The van der Waals surface area contributed by atoms with Gasteiger partial charge in [-0.15, -0.1) is 0 Å². The lowest BCUT2D eigenvalue weighted by molar-refractivity contribution is 0.0468. The number of esters is 2. The second-order valence-corrected chi connectivity index (χ2v) is 7.14. The Balaban J connectivity index is 2.15. The predicted octanol–water partition coefficient (Wildman–Crippen LogP) is 2.59. The first kappa shape index (κ1) is 20.6. The number of aromatic amines is 1. The molecule has 0 saturated carbocycles. The van der Waals surface area contributed by atoms with Crippen molar-refractivity contribution >= 4 is 28.5 Å². The Morgan fingerprint density at radius 1 is 1.07 bits per heavy atom. The van der Waals surface area contributed by atoms with Crippen molar-refractivity contribution in [1.82, 2.24) is 4.98 Å². The fourth-order valence-electron chi connectivity index (χ4n) is 2.71. The number of benzene rings is 1. The van der Waals surface area contributed by atoms with Crippen molar-refractivity contribution in [2.45, 2.75) is 25.7 Å². The first-order valence-electron chi connectivity index (χ1n) is 8.27. The normalized spacial score (nSPS) is 11.7. The molecule has 0 saturated heterocycles. The molecule has 0 unspecified atom stereocenters. The van der Waals surface area contributed by atoms with E-state index in [9.17, 15) is 18.6 Å². The third kappa shape index (κ3) is 4.51. The zero-order valence-corrected chi connectivity index (χ0v) is 16.4. The van der Waals surface area contributed by atoms with E-state index in [1.807, 2.05) is 0 Å².